The van der Waals surface area contributed by atoms with Crippen LogP contribution in [0.1, 0.15) is 37.5 Å². The Bertz CT molecular complexity index is 1410. The van der Waals surface area contributed by atoms with E-state index in [1.807, 2.05) is 40.1 Å². The van der Waals surface area contributed by atoms with E-state index in [1.54, 1.807) is 50.6 Å². The number of ether oxygens (including phenoxy) is 2. The summed E-state index contributed by atoms with van der Waals surface area (Å²) in [6, 6.07) is 19.7. The van der Waals surface area contributed by atoms with Crippen molar-refractivity contribution in [2.24, 2.45) is 0 Å². The summed E-state index contributed by atoms with van der Waals surface area (Å²) in [6.45, 7) is 5.12. The molecule has 2 N–H and O–H groups in total. The van der Waals surface area contributed by atoms with E-state index in [9.17, 15) is 14.4 Å². The van der Waals surface area contributed by atoms with Gasteiger partial charge in [0.05, 0.1) is 25.6 Å². The van der Waals surface area contributed by atoms with E-state index in [2.05, 4.69) is 15.5 Å². The monoisotopic (exact) mass is 571 g/mol. The maximum absolute atomic E-state index is 13.4. The number of rotatable bonds is 7. The lowest BCUT2D eigenvalue weighted by molar-refractivity contribution is 0.0743. The standard InChI is InChI=1S/C32H37N5O5/c1-41-28-12-10-25(22-29(28)42-2)32(40)37-19-17-35(18-20-37)27-11-9-24(31(39)36-15-6-13-33-14-16-36)21-26(27)34-30(38)23-7-4-3-5-8-23/h3-5,7-12,21-22,33H,6,13-20H2,1-2H3,(H,34,38). The van der Waals surface area contributed by atoms with Crippen LogP contribution in [0.15, 0.2) is 66.7 Å². The van der Waals surface area contributed by atoms with Gasteiger partial charge in [-0.25, -0.2) is 0 Å². The van der Waals surface area contributed by atoms with E-state index < -0.39 is 0 Å². The summed E-state index contributed by atoms with van der Waals surface area (Å²) in [5, 5.41) is 6.37. The van der Waals surface area contributed by atoms with Crippen molar-refractivity contribution in [1.82, 2.24) is 15.1 Å². The number of carbonyl (C=O) groups is 3. The number of hydrogen-bond acceptors (Lipinski definition) is 7. The molecule has 220 valence electrons. The largest absolute Gasteiger partial charge is 0.493 e. The van der Waals surface area contributed by atoms with Gasteiger partial charge in [0.2, 0.25) is 0 Å². The second kappa shape index (κ2) is 13.4. The fraction of sp³-hybridized carbons (Fsp3) is 0.344. The molecule has 3 aromatic rings. The summed E-state index contributed by atoms with van der Waals surface area (Å²) in [7, 11) is 3.10. The molecule has 10 nitrogen and oxygen atoms in total. The van der Waals surface area contributed by atoms with Crippen LogP contribution in [0.5, 0.6) is 11.5 Å². The normalized spacial score (nSPS) is 15.5. The Morgan fingerprint density at radius 3 is 2.07 bits per heavy atom. The number of benzene rings is 3. The van der Waals surface area contributed by atoms with Crippen molar-refractivity contribution in [3.8, 4) is 11.5 Å². The molecule has 3 amide bonds. The molecule has 3 aromatic carbocycles. The van der Waals surface area contributed by atoms with Gasteiger partial charge in [0.25, 0.3) is 17.7 Å². The van der Waals surface area contributed by atoms with Crippen LogP contribution in [-0.2, 0) is 0 Å². The number of nitrogens with one attached hydrogen (secondary N) is 2. The molecular formula is C32H37N5O5. The zero-order valence-corrected chi connectivity index (χ0v) is 24.1. The summed E-state index contributed by atoms with van der Waals surface area (Å²) in [5.41, 5.74) is 2.98. The van der Waals surface area contributed by atoms with Gasteiger partial charge in [-0.1, -0.05) is 18.2 Å². The second-order valence-electron chi connectivity index (χ2n) is 10.3. The van der Waals surface area contributed by atoms with E-state index in [0.717, 1.165) is 25.2 Å². The average molecular weight is 572 g/mol. The molecule has 10 heteroatoms. The lowest BCUT2D eigenvalue weighted by Gasteiger charge is -2.37. The van der Waals surface area contributed by atoms with Crippen molar-refractivity contribution in [2.45, 2.75) is 6.42 Å². The quantitative estimate of drug-likeness (QED) is 0.448. The zero-order valence-electron chi connectivity index (χ0n) is 24.1. The lowest BCUT2D eigenvalue weighted by atomic mass is 10.1. The minimum absolute atomic E-state index is 0.0502. The SMILES string of the molecule is COc1ccc(C(=O)N2CCN(c3ccc(C(=O)N4CCCNCC4)cc3NC(=O)c3ccccc3)CC2)cc1OC. The van der Waals surface area contributed by atoms with Crippen molar-refractivity contribution >= 4 is 29.1 Å². The van der Waals surface area contributed by atoms with Crippen LogP contribution >= 0.6 is 0 Å². The van der Waals surface area contributed by atoms with Gasteiger partial charge in [-0.2, -0.15) is 0 Å². The number of nitrogens with zero attached hydrogens (tertiary/aromatic N) is 3. The molecule has 0 aromatic heterocycles. The van der Waals surface area contributed by atoms with E-state index in [4.69, 9.17) is 9.47 Å². The Kier molecular flexibility index (Phi) is 9.23. The summed E-state index contributed by atoms with van der Waals surface area (Å²) in [5.74, 6) is 0.694. The van der Waals surface area contributed by atoms with E-state index in [-0.39, 0.29) is 17.7 Å². The summed E-state index contributed by atoms with van der Waals surface area (Å²) in [6.07, 6.45) is 0.897. The van der Waals surface area contributed by atoms with E-state index >= 15 is 0 Å². The highest BCUT2D eigenvalue weighted by atomic mass is 16.5. The molecule has 0 spiro atoms. The number of amides is 3. The van der Waals surface area contributed by atoms with Gasteiger partial charge in [-0.15, -0.1) is 0 Å². The molecule has 0 radical (unpaired) electrons. The third-order valence-electron chi connectivity index (χ3n) is 7.69. The average Bonchev–Trinajstić information content (AvgIpc) is 3.34. The van der Waals surface area contributed by atoms with Crippen molar-refractivity contribution in [3.63, 3.8) is 0 Å². The van der Waals surface area contributed by atoms with Crippen LogP contribution in [0.3, 0.4) is 0 Å². The highest BCUT2D eigenvalue weighted by Crippen LogP contribution is 2.31. The van der Waals surface area contributed by atoms with Crippen LogP contribution in [0.25, 0.3) is 0 Å². The van der Waals surface area contributed by atoms with Crippen LogP contribution in [0, 0.1) is 0 Å². The molecule has 2 aliphatic rings. The van der Waals surface area contributed by atoms with Crippen molar-refractivity contribution in [2.75, 3.05) is 76.8 Å². The van der Waals surface area contributed by atoms with E-state index in [1.165, 1.54) is 0 Å². The Balaban J connectivity index is 1.35. The third kappa shape index (κ3) is 6.49. The molecule has 0 aliphatic carbocycles. The van der Waals surface area contributed by atoms with Crippen molar-refractivity contribution in [1.29, 1.82) is 0 Å². The fourth-order valence-corrected chi connectivity index (χ4v) is 5.36. The molecule has 2 saturated heterocycles. The maximum atomic E-state index is 13.4. The van der Waals surface area contributed by atoms with Gasteiger partial charge in [0.1, 0.15) is 0 Å². The number of carbonyl (C=O) groups excluding carboxylic acids is 3. The number of anilines is 2. The van der Waals surface area contributed by atoms with E-state index in [0.29, 0.717) is 73.1 Å². The summed E-state index contributed by atoms with van der Waals surface area (Å²) in [4.78, 5) is 45.7. The molecule has 0 saturated carbocycles. The molecular weight excluding hydrogens is 534 g/mol. The molecule has 0 bridgehead atoms. The Morgan fingerprint density at radius 2 is 1.36 bits per heavy atom. The molecule has 42 heavy (non-hydrogen) atoms. The van der Waals surface area contributed by atoms with Crippen LogP contribution < -0.4 is 25.0 Å². The predicted molar refractivity (Wildman–Crippen MR) is 162 cm³/mol. The Hall–Kier alpha value is -4.57. The number of hydrogen-bond donors (Lipinski definition) is 2. The number of piperazine rings is 1. The minimum Gasteiger partial charge on any atom is -0.493 e. The fourth-order valence-electron chi connectivity index (χ4n) is 5.36. The van der Waals surface area contributed by atoms with Crippen molar-refractivity contribution < 1.29 is 23.9 Å². The highest BCUT2D eigenvalue weighted by Gasteiger charge is 2.26. The maximum Gasteiger partial charge on any atom is 0.255 e. The summed E-state index contributed by atoms with van der Waals surface area (Å²) >= 11 is 0. The third-order valence-corrected chi connectivity index (χ3v) is 7.69. The highest BCUT2D eigenvalue weighted by molar-refractivity contribution is 6.07. The van der Waals surface area contributed by atoms with Gasteiger partial charge in [-0.05, 0) is 61.5 Å². The first-order chi connectivity index (χ1) is 20.5. The van der Waals surface area contributed by atoms with Gasteiger partial charge < -0.3 is 34.8 Å². The topological polar surface area (TPSA) is 103 Å². The molecule has 2 fully saturated rings. The smallest absolute Gasteiger partial charge is 0.255 e. The first kappa shape index (κ1) is 28.9. The molecule has 5 rings (SSSR count). The lowest BCUT2D eigenvalue weighted by Crippen LogP contribution is -2.49. The van der Waals surface area contributed by atoms with Crippen LogP contribution in [0.2, 0.25) is 0 Å². The molecule has 0 unspecified atom stereocenters. The Labute approximate surface area is 246 Å². The van der Waals surface area contributed by atoms with Crippen LogP contribution in [0.4, 0.5) is 11.4 Å². The summed E-state index contributed by atoms with van der Waals surface area (Å²) < 4.78 is 10.7. The predicted octanol–water partition coefficient (Wildman–Crippen LogP) is 3.35. The Morgan fingerprint density at radius 1 is 0.690 bits per heavy atom. The molecule has 0 atom stereocenters. The van der Waals surface area contributed by atoms with Crippen molar-refractivity contribution in [3.05, 3.63) is 83.4 Å². The zero-order chi connectivity index (χ0) is 29.5. The minimum atomic E-state index is -0.248. The van der Waals surface area contributed by atoms with Crippen LogP contribution in [-0.4, -0.2) is 94.1 Å². The van der Waals surface area contributed by atoms with Gasteiger partial charge in [0.15, 0.2) is 11.5 Å². The molecule has 2 aliphatic heterocycles. The second-order valence-corrected chi connectivity index (χ2v) is 10.3. The molecule has 2 heterocycles. The van der Waals surface area contributed by atoms with Gasteiger partial charge in [-0.3, -0.25) is 14.4 Å². The first-order valence-corrected chi connectivity index (χ1v) is 14.2. The first-order valence-electron chi connectivity index (χ1n) is 14.2. The number of methoxy groups -OCH3 is 2. The van der Waals surface area contributed by atoms with Gasteiger partial charge in [0, 0.05) is 62.5 Å². The van der Waals surface area contributed by atoms with Gasteiger partial charge >= 0.3 is 0 Å².